The highest BCUT2D eigenvalue weighted by Gasteiger charge is 2.08. The molecular weight excluding hydrogens is 221 g/mol. The third kappa shape index (κ3) is 2.29. The van der Waals surface area contributed by atoms with E-state index >= 15 is 0 Å². The molecule has 0 bridgehead atoms. The molecule has 0 amide bonds. The molecule has 0 spiro atoms. The lowest BCUT2D eigenvalue weighted by atomic mass is 10.1. The van der Waals surface area contributed by atoms with Crippen molar-refractivity contribution in [3.8, 4) is 11.3 Å². The molecular formula is C12H14FN3O. The van der Waals surface area contributed by atoms with Crippen molar-refractivity contribution in [3.05, 3.63) is 35.6 Å². The van der Waals surface area contributed by atoms with Crippen molar-refractivity contribution in [2.45, 2.75) is 13.5 Å². The van der Waals surface area contributed by atoms with Crippen LogP contribution in [0.15, 0.2) is 24.3 Å². The van der Waals surface area contributed by atoms with Crippen molar-refractivity contribution in [2.24, 2.45) is 0 Å². The second-order valence-corrected chi connectivity index (χ2v) is 3.87. The molecule has 0 saturated carbocycles. The van der Waals surface area contributed by atoms with Crippen LogP contribution in [0.4, 0.5) is 10.2 Å². The van der Waals surface area contributed by atoms with Crippen LogP contribution in [-0.4, -0.2) is 21.5 Å². The number of aliphatic hydroxyl groups is 1. The third-order valence-corrected chi connectivity index (χ3v) is 2.59. The molecule has 0 aliphatic rings. The Bertz CT molecular complexity index is 537. The van der Waals surface area contributed by atoms with Gasteiger partial charge in [0.25, 0.3) is 0 Å². The SMILES string of the molecule is Cc1ccc(-c2cc(N)n(CCO)n2)cc1F. The zero-order valence-electron chi connectivity index (χ0n) is 9.52. The van der Waals surface area contributed by atoms with Crippen LogP contribution >= 0.6 is 0 Å². The van der Waals surface area contributed by atoms with Crippen molar-refractivity contribution >= 4 is 5.82 Å². The molecule has 3 N–H and O–H groups in total. The number of aryl methyl sites for hydroxylation is 1. The van der Waals surface area contributed by atoms with Crippen molar-refractivity contribution in [3.63, 3.8) is 0 Å². The Hall–Kier alpha value is -1.88. The predicted octanol–water partition coefficient (Wildman–Crippen LogP) is 1.57. The summed E-state index contributed by atoms with van der Waals surface area (Å²) in [6.07, 6.45) is 0. The molecule has 2 aromatic rings. The van der Waals surface area contributed by atoms with Gasteiger partial charge in [-0.1, -0.05) is 12.1 Å². The van der Waals surface area contributed by atoms with Gasteiger partial charge >= 0.3 is 0 Å². The van der Waals surface area contributed by atoms with Gasteiger partial charge in [0, 0.05) is 11.6 Å². The molecule has 2 rings (SSSR count). The minimum atomic E-state index is -0.266. The molecule has 0 saturated heterocycles. The maximum atomic E-state index is 13.4. The fourth-order valence-electron chi connectivity index (χ4n) is 1.60. The van der Waals surface area contributed by atoms with Gasteiger partial charge in [-0.3, -0.25) is 0 Å². The minimum absolute atomic E-state index is 0.0341. The average molecular weight is 235 g/mol. The number of nitrogens with two attached hydrogens (primary N) is 1. The number of aliphatic hydroxyl groups excluding tert-OH is 1. The quantitative estimate of drug-likeness (QED) is 0.848. The van der Waals surface area contributed by atoms with Crippen molar-refractivity contribution < 1.29 is 9.50 Å². The number of nitrogens with zero attached hydrogens (tertiary/aromatic N) is 2. The van der Waals surface area contributed by atoms with Gasteiger partial charge in [-0.05, 0) is 18.6 Å². The monoisotopic (exact) mass is 235 g/mol. The van der Waals surface area contributed by atoms with Crippen molar-refractivity contribution in [1.29, 1.82) is 0 Å². The molecule has 0 unspecified atom stereocenters. The number of halogens is 1. The number of rotatable bonds is 3. The summed E-state index contributed by atoms with van der Waals surface area (Å²) in [6.45, 7) is 2.01. The second kappa shape index (κ2) is 4.55. The first-order valence-electron chi connectivity index (χ1n) is 5.32. The van der Waals surface area contributed by atoms with Crippen molar-refractivity contribution in [2.75, 3.05) is 12.3 Å². The van der Waals surface area contributed by atoms with E-state index in [0.29, 0.717) is 29.2 Å². The molecule has 0 radical (unpaired) electrons. The van der Waals surface area contributed by atoms with Gasteiger partial charge < -0.3 is 10.8 Å². The van der Waals surface area contributed by atoms with E-state index in [-0.39, 0.29) is 12.4 Å². The molecule has 1 heterocycles. The molecule has 1 aromatic heterocycles. The number of anilines is 1. The second-order valence-electron chi connectivity index (χ2n) is 3.87. The smallest absolute Gasteiger partial charge is 0.126 e. The summed E-state index contributed by atoms with van der Waals surface area (Å²) in [5.41, 5.74) is 7.61. The van der Waals surface area contributed by atoms with Gasteiger partial charge in [0.1, 0.15) is 11.6 Å². The molecule has 0 aliphatic heterocycles. The molecule has 1 aromatic carbocycles. The van der Waals surface area contributed by atoms with E-state index in [1.54, 1.807) is 25.1 Å². The average Bonchev–Trinajstić information content (AvgIpc) is 2.65. The molecule has 0 atom stereocenters. The van der Waals surface area contributed by atoms with Crippen LogP contribution in [0.5, 0.6) is 0 Å². The summed E-state index contributed by atoms with van der Waals surface area (Å²) in [5, 5.41) is 13.0. The highest BCUT2D eigenvalue weighted by Crippen LogP contribution is 2.22. The number of hydrogen-bond acceptors (Lipinski definition) is 3. The minimum Gasteiger partial charge on any atom is -0.394 e. The van der Waals surface area contributed by atoms with Crippen LogP contribution in [0.3, 0.4) is 0 Å². The maximum absolute atomic E-state index is 13.4. The predicted molar refractivity (Wildman–Crippen MR) is 63.9 cm³/mol. The number of hydrogen-bond donors (Lipinski definition) is 2. The Morgan fingerprint density at radius 1 is 1.41 bits per heavy atom. The Morgan fingerprint density at radius 3 is 2.82 bits per heavy atom. The third-order valence-electron chi connectivity index (χ3n) is 2.59. The topological polar surface area (TPSA) is 64.1 Å². The van der Waals surface area contributed by atoms with E-state index in [0.717, 1.165) is 0 Å². The molecule has 17 heavy (non-hydrogen) atoms. The lowest BCUT2D eigenvalue weighted by molar-refractivity contribution is 0.270. The lowest BCUT2D eigenvalue weighted by Gasteiger charge is -2.00. The van der Waals surface area contributed by atoms with E-state index in [4.69, 9.17) is 10.8 Å². The Balaban J connectivity index is 2.39. The van der Waals surface area contributed by atoms with Gasteiger partial charge in [0.05, 0.1) is 18.8 Å². The fourth-order valence-corrected chi connectivity index (χ4v) is 1.60. The summed E-state index contributed by atoms with van der Waals surface area (Å²) in [6, 6.07) is 6.59. The summed E-state index contributed by atoms with van der Waals surface area (Å²) in [4.78, 5) is 0. The van der Waals surface area contributed by atoms with Gasteiger partial charge in [-0.15, -0.1) is 0 Å². The largest absolute Gasteiger partial charge is 0.394 e. The number of aromatic nitrogens is 2. The zero-order chi connectivity index (χ0) is 12.4. The van der Waals surface area contributed by atoms with Crippen LogP contribution in [0.25, 0.3) is 11.3 Å². The van der Waals surface area contributed by atoms with Crippen LogP contribution < -0.4 is 5.73 Å². The maximum Gasteiger partial charge on any atom is 0.126 e. The van der Waals surface area contributed by atoms with Gasteiger partial charge in [-0.25, -0.2) is 9.07 Å². The van der Waals surface area contributed by atoms with Gasteiger partial charge in [-0.2, -0.15) is 5.10 Å². The molecule has 0 fully saturated rings. The molecule has 0 aliphatic carbocycles. The van der Waals surface area contributed by atoms with Crippen LogP contribution in [0, 0.1) is 12.7 Å². The molecule has 4 nitrogen and oxygen atoms in total. The van der Waals surface area contributed by atoms with E-state index < -0.39 is 0 Å². The van der Waals surface area contributed by atoms with Crippen molar-refractivity contribution in [1.82, 2.24) is 9.78 Å². The van der Waals surface area contributed by atoms with Crippen LogP contribution in [-0.2, 0) is 6.54 Å². The first-order chi connectivity index (χ1) is 8.11. The summed E-state index contributed by atoms with van der Waals surface area (Å²) >= 11 is 0. The molecule has 90 valence electrons. The van der Waals surface area contributed by atoms with Crippen LogP contribution in [0.2, 0.25) is 0 Å². The van der Waals surface area contributed by atoms with Gasteiger partial charge in [0.15, 0.2) is 0 Å². The van der Waals surface area contributed by atoms with E-state index in [1.165, 1.54) is 10.7 Å². The normalized spacial score (nSPS) is 10.8. The fraction of sp³-hybridized carbons (Fsp3) is 0.250. The Labute approximate surface area is 98.5 Å². The first-order valence-corrected chi connectivity index (χ1v) is 5.32. The highest BCUT2D eigenvalue weighted by atomic mass is 19.1. The molecule has 5 heteroatoms. The Kier molecular flexibility index (Phi) is 3.10. The Morgan fingerprint density at radius 2 is 2.18 bits per heavy atom. The first kappa shape index (κ1) is 11.6. The van der Waals surface area contributed by atoms with Gasteiger partial charge in [0.2, 0.25) is 0 Å². The highest BCUT2D eigenvalue weighted by molar-refractivity contribution is 5.62. The number of benzene rings is 1. The van der Waals surface area contributed by atoms with E-state index in [1.807, 2.05) is 0 Å². The lowest BCUT2D eigenvalue weighted by Crippen LogP contribution is -2.07. The summed E-state index contributed by atoms with van der Waals surface area (Å²) < 4.78 is 14.9. The van der Waals surface area contributed by atoms with Crippen LogP contribution in [0.1, 0.15) is 5.56 Å². The van der Waals surface area contributed by atoms with E-state index in [9.17, 15) is 4.39 Å². The van der Waals surface area contributed by atoms with E-state index in [2.05, 4.69) is 5.10 Å². The zero-order valence-corrected chi connectivity index (χ0v) is 9.52. The summed E-state index contributed by atoms with van der Waals surface area (Å²) in [7, 11) is 0. The summed E-state index contributed by atoms with van der Waals surface area (Å²) in [5.74, 6) is 0.188. The standard InChI is InChI=1S/C12H14FN3O/c1-8-2-3-9(6-10(8)13)11-7-12(14)16(15-11)4-5-17/h2-3,6-7,17H,4-5,14H2,1H3. The number of nitrogen functional groups attached to an aromatic ring is 1.